The van der Waals surface area contributed by atoms with Crippen molar-refractivity contribution in [2.45, 2.75) is 51.2 Å². The Hall–Kier alpha value is -0.650. The van der Waals surface area contributed by atoms with Crippen LogP contribution in [0.25, 0.3) is 0 Å². The third-order valence-electron chi connectivity index (χ3n) is 4.14. The minimum atomic E-state index is -0.0171. The summed E-state index contributed by atoms with van der Waals surface area (Å²) in [7, 11) is 0. The Morgan fingerprint density at radius 2 is 2.30 bits per heavy atom. The molecule has 0 aromatic heterocycles. The van der Waals surface area contributed by atoms with Crippen LogP contribution in [-0.4, -0.2) is 51.0 Å². The van der Waals surface area contributed by atoms with Gasteiger partial charge in [-0.05, 0) is 44.6 Å². The molecule has 0 aromatic rings. The second-order valence-corrected chi connectivity index (χ2v) is 5.91. The molecule has 2 rings (SSSR count). The minimum absolute atomic E-state index is 0.0171. The number of rotatable bonds is 7. The van der Waals surface area contributed by atoms with Gasteiger partial charge in [0.05, 0.1) is 18.8 Å². The number of carbonyl (C=O) groups excluding carboxylic acids is 1. The lowest BCUT2D eigenvalue weighted by Crippen LogP contribution is -2.51. The van der Waals surface area contributed by atoms with E-state index in [1.54, 1.807) is 0 Å². The SMILES string of the molecule is CC1CCCNC1C(=O)NCCCOCC1CCCO1. The molecular weight excluding hydrogens is 256 g/mol. The summed E-state index contributed by atoms with van der Waals surface area (Å²) < 4.78 is 11.1. The summed E-state index contributed by atoms with van der Waals surface area (Å²) in [5, 5.41) is 6.30. The zero-order valence-electron chi connectivity index (χ0n) is 12.5. The maximum atomic E-state index is 12.0. The molecular formula is C15H28N2O3. The second-order valence-electron chi connectivity index (χ2n) is 5.91. The van der Waals surface area contributed by atoms with Gasteiger partial charge in [-0.1, -0.05) is 6.92 Å². The molecule has 0 spiro atoms. The lowest BCUT2D eigenvalue weighted by Gasteiger charge is -2.28. The summed E-state index contributed by atoms with van der Waals surface area (Å²) in [5.41, 5.74) is 0. The van der Waals surface area contributed by atoms with Gasteiger partial charge in [0.1, 0.15) is 0 Å². The van der Waals surface area contributed by atoms with Crippen molar-refractivity contribution in [1.82, 2.24) is 10.6 Å². The fourth-order valence-corrected chi connectivity index (χ4v) is 2.89. The average molecular weight is 284 g/mol. The van der Waals surface area contributed by atoms with Gasteiger partial charge in [-0.15, -0.1) is 0 Å². The van der Waals surface area contributed by atoms with Gasteiger partial charge < -0.3 is 20.1 Å². The van der Waals surface area contributed by atoms with Crippen molar-refractivity contribution < 1.29 is 14.3 Å². The number of amides is 1. The van der Waals surface area contributed by atoms with E-state index in [0.717, 1.165) is 38.8 Å². The van der Waals surface area contributed by atoms with Gasteiger partial charge in [0.2, 0.25) is 5.91 Å². The molecule has 0 saturated carbocycles. The number of nitrogens with one attached hydrogen (secondary N) is 2. The molecule has 20 heavy (non-hydrogen) atoms. The van der Waals surface area contributed by atoms with E-state index in [0.29, 0.717) is 25.7 Å². The van der Waals surface area contributed by atoms with Crippen molar-refractivity contribution in [3.05, 3.63) is 0 Å². The monoisotopic (exact) mass is 284 g/mol. The van der Waals surface area contributed by atoms with Crippen LogP contribution in [0.15, 0.2) is 0 Å². The van der Waals surface area contributed by atoms with Crippen LogP contribution in [0.3, 0.4) is 0 Å². The Labute approximate surface area is 121 Å². The Kier molecular flexibility index (Phi) is 6.76. The van der Waals surface area contributed by atoms with E-state index in [1.165, 1.54) is 6.42 Å². The molecule has 2 aliphatic rings. The Morgan fingerprint density at radius 1 is 1.40 bits per heavy atom. The third kappa shape index (κ3) is 5.04. The molecule has 0 radical (unpaired) electrons. The molecule has 0 bridgehead atoms. The molecule has 1 amide bonds. The molecule has 2 saturated heterocycles. The van der Waals surface area contributed by atoms with Crippen molar-refractivity contribution in [2.24, 2.45) is 5.92 Å². The van der Waals surface area contributed by atoms with Crippen LogP contribution in [0.2, 0.25) is 0 Å². The highest BCUT2D eigenvalue weighted by Crippen LogP contribution is 2.15. The van der Waals surface area contributed by atoms with Crippen LogP contribution in [-0.2, 0) is 14.3 Å². The molecule has 0 aromatic carbocycles. The van der Waals surface area contributed by atoms with E-state index < -0.39 is 0 Å². The van der Waals surface area contributed by atoms with E-state index in [-0.39, 0.29) is 18.1 Å². The van der Waals surface area contributed by atoms with Gasteiger partial charge >= 0.3 is 0 Å². The van der Waals surface area contributed by atoms with Crippen molar-refractivity contribution >= 4 is 5.91 Å². The predicted molar refractivity (Wildman–Crippen MR) is 77.6 cm³/mol. The van der Waals surface area contributed by atoms with Gasteiger partial charge in [-0.3, -0.25) is 4.79 Å². The van der Waals surface area contributed by atoms with Crippen LogP contribution in [0, 0.1) is 5.92 Å². The highest BCUT2D eigenvalue weighted by molar-refractivity contribution is 5.82. The van der Waals surface area contributed by atoms with Crippen molar-refractivity contribution in [3.8, 4) is 0 Å². The zero-order valence-corrected chi connectivity index (χ0v) is 12.5. The summed E-state index contributed by atoms with van der Waals surface area (Å²) >= 11 is 0. The molecule has 116 valence electrons. The fourth-order valence-electron chi connectivity index (χ4n) is 2.89. The summed E-state index contributed by atoms with van der Waals surface area (Å²) in [6.45, 7) is 6.03. The van der Waals surface area contributed by atoms with Gasteiger partial charge in [0.15, 0.2) is 0 Å². The minimum Gasteiger partial charge on any atom is -0.379 e. The highest BCUT2D eigenvalue weighted by atomic mass is 16.5. The molecule has 3 atom stereocenters. The normalized spacial score (nSPS) is 30.4. The summed E-state index contributed by atoms with van der Waals surface area (Å²) in [4.78, 5) is 12.0. The standard InChI is InChI=1S/C15H28N2O3/c1-12-5-2-7-16-14(12)15(18)17-8-4-9-19-11-13-6-3-10-20-13/h12-14,16H,2-11H2,1H3,(H,17,18). The summed E-state index contributed by atoms with van der Waals surface area (Å²) in [6, 6.07) is -0.0171. The molecule has 2 fully saturated rings. The van der Waals surface area contributed by atoms with Crippen molar-refractivity contribution in [3.63, 3.8) is 0 Å². The van der Waals surface area contributed by atoms with E-state index in [2.05, 4.69) is 17.6 Å². The van der Waals surface area contributed by atoms with Gasteiger partial charge in [0, 0.05) is 19.8 Å². The first-order valence-corrected chi connectivity index (χ1v) is 7.98. The number of hydrogen-bond acceptors (Lipinski definition) is 4. The first-order valence-electron chi connectivity index (χ1n) is 7.98. The topological polar surface area (TPSA) is 59.6 Å². The maximum absolute atomic E-state index is 12.0. The first-order chi connectivity index (χ1) is 9.77. The molecule has 5 heteroatoms. The fraction of sp³-hybridized carbons (Fsp3) is 0.933. The summed E-state index contributed by atoms with van der Waals surface area (Å²) in [5.74, 6) is 0.566. The summed E-state index contributed by atoms with van der Waals surface area (Å²) in [6.07, 6.45) is 5.72. The van der Waals surface area contributed by atoms with Crippen molar-refractivity contribution in [1.29, 1.82) is 0 Å². The second kappa shape index (κ2) is 8.60. The largest absolute Gasteiger partial charge is 0.379 e. The lowest BCUT2D eigenvalue weighted by molar-refractivity contribution is -0.124. The van der Waals surface area contributed by atoms with E-state index >= 15 is 0 Å². The average Bonchev–Trinajstić information content (AvgIpc) is 2.96. The van der Waals surface area contributed by atoms with Crippen LogP contribution in [0.5, 0.6) is 0 Å². The highest BCUT2D eigenvalue weighted by Gasteiger charge is 2.26. The lowest BCUT2D eigenvalue weighted by atomic mass is 9.92. The molecule has 2 heterocycles. The number of carbonyl (C=O) groups is 1. The van der Waals surface area contributed by atoms with Crippen LogP contribution in [0.4, 0.5) is 0 Å². The van der Waals surface area contributed by atoms with Gasteiger partial charge in [-0.25, -0.2) is 0 Å². The molecule has 5 nitrogen and oxygen atoms in total. The van der Waals surface area contributed by atoms with Crippen molar-refractivity contribution in [2.75, 3.05) is 32.9 Å². The predicted octanol–water partition coefficient (Wildman–Crippen LogP) is 1.08. The molecule has 0 aliphatic carbocycles. The van der Waals surface area contributed by atoms with Crippen LogP contribution in [0.1, 0.15) is 39.0 Å². The zero-order chi connectivity index (χ0) is 14.2. The van der Waals surface area contributed by atoms with Gasteiger partial charge in [-0.2, -0.15) is 0 Å². The Morgan fingerprint density at radius 3 is 3.05 bits per heavy atom. The van der Waals surface area contributed by atoms with E-state index in [9.17, 15) is 4.79 Å². The van der Waals surface area contributed by atoms with Crippen LogP contribution < -0.4 is 10.6 Å². The maximum Gasteiger partial charge on any atom is 0.237 e. The number of piperidine rings is 1. The Balaban J connectivity index is 1.48. The van der Waals surface area contributed by atoms with Crippen LogP contribution >= 0.6 is 0 Å². The molecule has 2 aliphatic heterocycles. The van der Waals surface area contributed by atoms with E-state index in [1.807, 2.05) is 0 Å². The molecule has 2 N–H and O–H groups in total. The smallest absolute Gasteiger partial charge is 0.237 e. The van der Waals surface area contributed by atoms with Gasteiger partial charge in [0.25, 0.3) is 0 Å². The Bertz CT molecular complexity index is 293. The first kappa shape index (κ1) is 15.7. The molecule has 3 unspecified atom stereocenters. The third-order valence-corrected chi connectivity index (χ3v) is 4.14. The number of ether oxygens (including phenoxy) is 2. The quantitative estimate of drug-likeness (QED) is 0.687. The number of hydrogen-bond donors (Lipinski definition) is 2. The van der Waals surface area contributed by atoms with E-state index in [4.69, 9.17) is 9.47 Å².